The van der Waals surface area contributed by atoms with Crippen LogP contribution in [0.25, 0.3) is 0 Å². The van der Waals surface area contributed by atoms with Gasteiger partial charge in [-0.3, -0.25) is 4.90 Å². The average molecular weight is 330 g/mol. The highest BCUT2D eigenvalue weighted by Crippen LogP contribution is 2.27. The summed E-state index contributed by atoms with van der Waals surface area (Å²) in [6.07, 6.45) is 6.87. The molecule has 1 saturated carbocycles. The van der Waals surface area contributed by atoms with E-state index in [4.69, 9.17) is 0 Å². The Kier molecular flexibility index (Phi) is 4.92. The van der Waals surface area contributed by atoms with E-state index in [1.165, 1.54) is 12.8 Å². The second kappa shape index (κ2) is 7.11. The molecule has 24 heavy (non-hydrogen) atoms. The first kappa shape index (κ1) is 16.6. The number of urea groups is 2. The average Bonchev–Trinajstić information content (AvgIpc) is 2.85. The van der Waals surface area contributed by atoms with Gasteiger partial charge in [-0.05, 0) is 38.0 Å². The van der Waals surface area contributed by atoms with E-state index in [0.29, 0.717) is 18.8 Å². The number of carbonyl (C=O) groups excluding carboxylic acids is 2. The molecule has 1 aliphatic heterocycles. The van der Waals surface area contributed by atoms with Crippen molar-refractivity contribution in [3.63, 3.8) is 0 Å². The Morgan fingerprint density at radius 3 is 2.62 bits per heavy atom. The summed E-state index contributed by atoms with van der Waals surface area (Å²) in [4.78, 5) is 25.8. The fourth-order valence-corrected chi connectivity index (χ4v) is 3.54. The Morgan fingerprint density at radius 2 is 1.96 bits per heavy atom. The molecule has 0 bridgehead atoms. The van der Waals surface area contributed by atoms with Crippen LogP contribution in [0.3, 0.4) is 0 Å². The first-order valence-corrected chi connectivity index (χ1v) is 8.80. The second-order valence-corrected chi connectivity index (χ2v) is 6.99. The van der Waals surface area contributed by atoms with E-state index < -0.39 is 0 Å². The molecule has 1 saturated heterocycles. The molecule has 1 aliphatic carbocycles. The van der Waals surface area contributed by atoms with Gasteiger partial charge in [-0.25, -0.2) is 9.59 Å². The highest BCUT2D eigenvalue weighted by molar-refractivity contribution is 5.95. The molecule has 130 valence electrons. The maximum atomic E-state index is 12.4. The lowest BCUT2D eigenvalue weighted by Gasteiger charge is -2.29. The van der Waals surface area contributed by atoms with Gasteiger partial charge >= 0.3 is 12.1 Å². The minimum atomic E-state index is -0.178. The van der Waals surface area contributed by atoms with Gasteiger partial charge in [0.15, 0.2) is 0 Å². The van der Waals surface area contributed by atoms with Crippen molar-refractivity contribution in [2.45, 2.75) is 51.0 Å². The SMILES string of the molecule is CC1(NC(=O)Nc2cccc(N3CCNC3=O)c2)CCCCCC1. The molecule has 0 aromatic heterocycles. The zero-order valence-corrected chi connectivity index (χ0v) is 14.2. The van der Waals surface area contributed by atoms with Gasteiger partial charge in [0.05, 0.1) is 0 Å². The fraction of sp³-hybridized carbons (Fsp3) is 0.556. The number of benzene rings is 1. The summed E-state index contributed by atoms with van der Waals surface area (Å²) < 4.78 is 0. The standard InChI is InChI=1S/C18H26N4O2/c1-18(9-4-2-3-5-10-18)21-16(23)20-14-7-6-8-15(13-14)22-12-11-19-17(22)24/h6-8,13H,2-5,9-12H2,1H3,(H,19,24)(H2,20,21,23). The maximum Gasteiger partial charge on any atom is 0.321 e. The molecular weight excluding hydrogens is 304 g/mol. The number of nitrogens with zero attached hydrogens (tertiary/aromatic N) is 1. The van der Waals surface area contributed by atoms with Crippen molar-refractivity contribution in [3.8, 4) is 0 Å². The summed E-state index contributed by atoms with van der Waals surface area (Å²) in [6.45, 7) is 3.42. The molecule has 0 unspecified atom stereocenters. The molecule has 0 atom stereocenters. The normalized spacial score (nSPS) is 20.2. The number of amides is 4. The Morgan fingerprint density at radius 1 is 1.21 bits per heavy atom. The van der Waals surface area contributed by atoms with Crippen LogP contribution in [-0.2, 0) is 0 Å². The molecule has 6 heteroatoms. The minimum Gasteiger partial charge on any atom is -0.336 e. The Balaban J connectivity index is 1.63. The summed E-state index contributed by atoms with van der Waals surface area (Å²) in [5.74, 6) is 0. The lowest BCUT2D eigenvalue weighted by Crippen LogP contribution is -2.47. The van der Waals surface area contributed by atoms with Crippen LogP contribution in [0.1, 0.15) is 45.4 Å². The van der Waals surface area contributed by atoms with Gasteiger partial charge in [-0.15, -0.1) is 0 Å². The predicted octanol–water partition coefficient (Wildman–Crippen LogP) is 3.45. The molecule has 4 amide bonds. The van der Waals surface area contributed by atoms with Gasteiger partial charge < -0.3 is 16.0 Å². The summed E-state index contributed by atoms with van der Waals surface area (Å²) in [5, 5.41) is 8.82. The highest BCUT2D eigenvalue weighted by atomic mass is 16.2. The Bertz CT molecular complexity index is 609. The number of hydrogen-bond donors (Lipinski definition) is 3. The van der Waals surface area contributed by atoms with Crippen LogP contribution >= 0.6 is 0 Å². The van der Waals surface area contributed by atoms with Crippen LogP contribution in [0.5, 0.6) is 0 Å². The van der Waals surface area contributed by atoms with Crippen molar-refractivity contribution in [1.82, 2.24) is 10.6 Å². The van der Waals surface area contributed by atoms with Crippen LogP contribution in [0.4, 0.5) is 21.0 Å². The number of carbonyl (C=O) groups is 2. The fourth-order valence-electron chi connectivity index (χ4n) is 3.54. The van der Waals surface area contributed by atoms with Crippen molar-refractivity contribution >= 4 is 23.4 Å². The minimum absolute atomic E-state index is 0.0948. The van der Waals surface area contributed by atoms with Crippen LogP contribution in [0, 0.1) is 0 Å². The van der Waals surface area contributed by atoms with Gasteiger partial charge in [0, 0.05) is 30.0 Å². The topological polar surface area (TPSA) is 73.5 Å². The van der Waals surface area contributed by atoms with Crippen LogP contribution in [-0.4, -0.2) is 30.7 Å². The largest absolute Gasteiger partial charge is 0.336 e. The van der Waals surface area contributed by atoms with E-state index in [2.05, 4.69) is 22.9 Å². The first-order valence-electron chi connectivity index (χ1n) is 8.80. The van der Waals surface area contributed by atoms with E-state index in [1.54, 1.807) is 4.90 Å². The first-order chi connectivity index (χ1) is 11.6. The molecule has 3 rings (SSSR count). The summed E-state index contributed by atoms with van der Waals surface area (Å²) >= 11 is 0. The number of rotatable bonds is 3. The Hall–Kier alpha value is -2.24. The Labute approximate surface area is 143 Å². The van der Waals surface area contributed by atoms with E-state index >= 15 is 0 Å². The van der Waals surface area contributed by atoms with Crippen molar-refractivity contribution in [3.05, 3.63) is 24.3 Å². The van der Waals surface area contributed by atoms with Crippen molar-refractivity contribution < 1.29 is 9.59 Å². The predicted molar refractivity (Wildman–Crippen MR) is 95.4 cm³/mol. The van der Waals surface area contributed by atoms with Gasteiger partial charge in [-0.2, -0.15) is 0 Å². The third-order valence-corrected chi connectivity index (χ3v) is 4.89. The third-order valence-electron chi connectivity index (χ3n) is 4.89. The lowest BCUT2D eigenvalue weighted by atomic mass is 9.93. The van der Waals surface area contributed by atoms with Gasteiger partial charge in [0.1, 0.15) is 0 Å². The van der Waals surface area contributed by atoms with E-state index in [0.717, 1.165) is 31.4 Å². The highest BCUT2D eigenvalue weighted by Gasteiger charge is 2.27. The molecule has 0 radical (unpaired) electrons. The van der Waals surface area contributed by atoms with Crippen LogP contribution in [0.15, 0.2) is 24.3 Å². The third kappa shape index (κ3) is 3.99. The smallest absolute Gasteiger partial charge is 0.321 e. The van der Waals surface area contributed by atoms with Gasteiger partial charge in [-0.1, -0.05) is 31.7 Å². The zero-order chi connectivity index (χ0) is 17.0. The molecule has 1 aromatic rings. The molecule has 3 N–H and O–H groups in total. The van der Waals surface area contributed by atoms with E-state index in [-0.39, 0.29) is 17.6 Å². The summed E-state index contributed by atoms with van der Waals surface area (Å²) in [5.41, 5.74) is 1.36. The number of anilines is 2. The molecule has 1 heterocycles. The van der Waals surface area contributed by atoms with Crippen LogP contribution < -0.4 is 20.9 Å². The quantitative estimate of drug-likeness (QED) is 0.743. The van der Waals surface area contributed by atoms with Gasteiger partial charge in [0.25, 0.3) is 0 Å². The van der Waals surface area contributed by atoms with Crippen molar-refractivity contribution in [1.29, 1.82) is 0 Å². The summed E-state index contributed by atoms with van der Waals surface area (Å²) in [6, 6.07) is 7.13. The van der Waals surface area contributed by atoms with Gasteiger partial charge in [0.2, 0.25) is 0 Å². The number of hydrogen-bond acceptors (Lipinski definition) is 2. The number of nitrogens with one attached hydrogen (secondary N) is 3. The van der Waals surface area contributed by atoms with Crippen LogP contribution in [0.2, 0.25) is 0 Å². The zero-order valence-electron chi connectivity index (χ0n) is 14.2. The molecule has 2 fully saturated rings. The van der Waals surface area contributed by atoms with E-state index in [1.807, 2.05) is 24.3 Å². The van der Waals surface area contributed by atoms with E-state index in [9.17, 15) is 9.59 Å². The lowest BCUT2D eigenvalue weighted by molar-refractivity contribution is 0.234. The summed E-state index contributed by atoms with van der Waals surface area (Å²) in [7, 11) is 0. The van der Waals surface area contributed by atoms with Crippen molar-refractivity contribution in [2.24, 2.45) is 0 Å². The maximum absolute atomic E-state index is 12.4. The van der Waals surface area contributed by atoms with Crippen molar-refractivity contribution in [2.75, 3.05) is 23.3 Å². The molecule has 0 spiro atoms. The second-order valence-electron chi connectivity index (χ2n) is 6.99. The molecule has 2 aliphatic rings. The molecule has 1 aromatic carbocycles. The molecule has 6 nitrogen and oxygen atoms in total. The monoisotopic (exact) mass is 330 g/mol. The molecular formula is C18H26N4O2.